The molecule has 1 saturated heterocycles. The van der Waals surface area contributed by atoms with Crippen molar-refractivity contribution in [2.24, 2.45) is 0 Å². The summed E-state index contributed by atoms with van der Waals surface area (Å²) >= 11 is 0. The van der Waals surface area contributed by atoms with E-state index in [9.17, 15) is 24.9 Å². The number of rotatable bonds is 5. The first kappa shape index (κ1) is 20.0. The lowest BCUT2D eigenvalue weighted by atomic mass is 9.98. The van der Waals surface area contributed by atoms with Crippen LogP contribution in [0.15, 0.2) is 36.4 Å². The van der Waals surface area contributed by atoms with Gasteiger partial charge >= 0.3 is 11.9 Å². The highest BCUT2D eigenvalue weighted by Crippen LogP contribution is 2.28. The van der Waals surface area contributed by atoms with E-state index >= 15 is 0 Å². The van der Waals surface area contributed by atoms with Gasteiger partial charge in [0.2, 0.25) is 6.29 Å². The zero-order chi connectivity index (χ0) is 20.6. The minimum atomic E-state index is -1.79. The van der Waals surface area contributed by atoms with Crippen LogP contribution in [-0.2, 0) is 14.3 Å². The molecule has 0 bridgehead atoms. The van der Waals surface area contributed by atoms with Crippen LogP contribution in [0.5, 0.6) is 5.75 Å². The Kier molecular flexibility index (Phi) is 5.52. The average Bonchev–Trinajstić information content (AvgIpc) is 2.67. The summed E-state index contributed by atoms with van der Waals surface area (Å²) in [5.74, 6) is -2.85. The molecule has 0 aromatic heterocycles. The first-order valence-corrected chi connectivity index (χ1v) is 8.54. The topological polar surface area (TPSA) is 154 Å². The summed E-state index contributed by atoms with van der Waals surface area (Å²) in [6.07, 6.45) is -8.44. The Morgan fingerprint density at radius 3 is 2.25 bits per heavy atom. The van der Waals surface area contributed by atoms with Gasteiger partial charge in [-0.3, -0.25) is 4.79 Å². The summed E-state index contributed by atoms with van der Waals surface area (Å²) < 4.78 is 10.6. The van der Waals surface area contributed by atoms with Crippen molar-refractivity contribution in [1.82, 2.24) is 0 Å². The van der Waals surface area contributed by atoms with E-state index in [1.807, 2.05) is 0 Å². The van der Waals surface area contributed by atoms with Gasteiger partial charge in [-0.1, -0.05) is 24.3 Å². The van der Waals surface area contributed by atoms with E-state index in [0.29, 0.717) is 5.56 Å². The number of aliphatic hydroxyl groups is 3. The van der Waals surface area contributed by atoms with E-state index in [1.165, 1.54) is 0 Å². The predicted molar refractivity (Wildman–Crippen MR) is 94.9 cm³/mol. The molecular formula is C19H20O9. The predicted octanol–water partition coefficient (Wildman–Crippen LogP) is 0.299. The third-order valence-electron chi connectivity index (χ3n) is 4.77. The van der Waals surface area contributed by atoms with Crippen molar-refractivity contribution in [2.75, 3.05) is 0 Å². The normalized spacial score (nSPS) is 28.6. The zero-order valence-corrected chi connectivity index (χ0v) is 14.8. The van der Waals surface area contributed by atoms with Gasteiger partial charge in [0.05, 0.1) is 5.92 Å². The second kappa shape index (κ2) is 7.72. The Bertz CT molecular complexity index is 896. The van der Waals surface area contributed by atoms with E-state index in [1.54, 1.807) is 43.3 Å². The minimum absolute atomic E-state index is 0.239. The quantitative estimate of drug-likeness (QED) is 0.483. The van der Waals surface area contributed by atoms with Gasteiger partial charge in [-0.25, -0.2) is 4.79 Å². The van der Waals surface area contributed by atoms with Crippen molar-refractivity contribution in [3.8, 4) is 5.75 Å². The number of benzene rings is 2. The lowest BCUT2D eigenvalue weighted by Crippen LogP contribution is -2.61. The maximum Gasteiger partial charge on any atom is 0.335 e. The minimum Gasteiger partial charge on any atom is -0.481 e. The Morgan fingerprint density at radius 1 is 0.964 bits per heavy atom. The van der Waals surface area contributed by atoms with Gasteiger partial charge in [-0.2, -0.15) is 0 Å². The van der Waals surface area contributed by atoms with Crippen molar-refractivity contribution in [3.05, 3.63) is 42.0 Å². The van der Waals surface area contributed by atoms with Crippen molar-refractivity contribution in [3.63, 3.8) is 0 Å². The number of hydrogen-bond donors (Lipinski definition) is 5. The summed E-state index contributed by atoms with van der Waals surface area (Å²) in [5.41, 5.74) is 0.640. The van der Waals surface area contributed by atoms with Crippen molar-refractivity contribution in [2.45, 2.75) is 43.5 Å². The summed E-state index contributed by atoms with van der Waals surface area (Å²) in [6.45, 7) is 1.58. The molecule has 9 nitrogen and oxygen atoms in total. The van der Waals surface area contributed by atoms with Crippen molar-refractivity contribution < 1.29 is 44.6 Å². The molecule has 0 radical (unpaired) electrons. The fraction of sp³-hybridized carbons (Fsp3) is 0.368. The van der Waals surface area contributed by atoms with Crippen LogP contribution in [0, 0.1) is 0 Å². The van der Waals surface area contributed by atoms with E-state index < -0.39 is 48.6 Å². The molecule has 9 heteroatoms. The molecule has 1 aliphatic rings. The summed E-state index contributed by atoms with van der Waals surface area (Å²) in [6, 6.07) is 9.96. The Balaban J connectivity index is 1.83. The third-order valence-corrected chi connectivity index (χ3v) is 4.77. The van der Waals surface area contributed by atoms with Crippen LogP contribution in [0.25, 0.3) is 10.8 Å². The van der Waals surface area contributed by atoms with Gasteiger partial charge < -0.3 is 35.0 Å². The molecule has 1 heterocycles. The Labute approximate surface area is 159 Å². The number of carboxylic acid groups (broad SMARTS) is 2. The smallest absolute Gasteiger partial charge is 0.335 e. The highest BCUT2D eigenvalue weighted by molar-refractivity contribution is 5.86. The Hall–Kier alpha value is -2.72. The molecule has 0 saturated carbocycles. The van der Waals surface area contributed by atoms with Gasteiger partial charge in [-0.05, 0) is 35.4 Å². The molecule has 0 amide bonds. The number of aliphatic hydroxyl groups excluding tert-OH is 3. The van der Waals surface area contributed by atoms with Crippen LogP contribution in [0.2, 0.25) is 0 Å². The van der Waals surface area contributed by atoms with Crippen LogP contribution >= 0.6 is 0 Å². The number of ether oxygens (including phenoxy) is 2. The average molecular weight is 392 g/mol. The molecule has 0 spiro atoms. The first-order chi connectivity index (χ1) is 13.2. The number of carboxylic acids is 2. The number of fused-ring (bicyclic) bond motifs is 1. The number of carbonyl (C=O) groups is 2. The van der Waals surface area contributed by atoms with Gasteiger partial charge in [0.1, 0.15) is 24.1 Å². The second-order valence-electron chi connectivity index (χ2n) is 6.68. The largest absolute Gasteiger partial charge is 0.481 e. The van der Waals surface area contributed by atoms with Crippen LogP contribution in [0.4, 0.5) is 0 Å². The fourth-order valence-electron chi connectivity index (χ4n) is 3.01. The van der Waals surface area contributed by atoms with Crippen LogP contribution in [0.3, 0.4) is 0 Å². The van der Waals surface area contributed by atoms with Gasteiger partial charge in [-0.15, -0.1) is 0 Å². The molecule has 1 fully saturated rings. The fourth-order valence-corrected chi connectivity index (χ4v) is 3.01. The highest BCUT2D eigenvalue weighted by atomic mass is 16.7. The molecule has 28 heavy (non-hydrogen) atoms. The third kappa shape index (κ3) is 3.78. The first-order valence-electron chi connectivity index (χ1n) is 8.54. The van der Waals surface area contributed by atoms with E-state index in [2.05, 4.69) is 0 Å². The van der Waals surface area contributed by atoms with E-state index in [0.717, 1.165) is 10.8 Å². The highest BCUT2D eigenvalue weighted by Gasteiger charge is 2.48. The molecule has 3 rings (SSSR count). The lowest BCUT2D eigenvalue weighted by Gasteiger charge is -2.38. The molecule has 5 N–H and O–H groups in total. The lowest BCUT2D eigenvalue weighted by molar-refractivity contribution is -0.271. The van der Waals surface area contributed by atoms with Gasteiger partial charge in [0.15, 0.2) is 6.10 Å². The maximum absolute atomic E-state index is 11.1. The molecule has 2 aromatic carbocycles. The molecular weight excluding hydrogens is 372 g/mol. The number of aliphatic carboxylic acids is 2. The SMILES string of the molecule is CC(C(=O)O)c1ccc2cc(O[C@@H]3O[C@H](C(=O)O)[C@@H](O)[C@H](O)[C@H]3O)ccc2c1. The van der Waals surface area contributed by atoms with E-state index in [-0.39, 0.29) is 5.75 Å². The molecule has 150 valence electrons. The monoisotopic (exact) mass is 392 g/mol. The second-order valence-corrected chi connectivity index (χ2v) is 6.68. The summed E-state index contributed by atoms with van der Waals surface area (Å²) in [4.78, 5) is 22.3. The zero-order valence-electron chi connectivity index (χ0n) is 14.8. The van der Waals surface area contributed by atoms with Gasteiger partial charge in [0.25, 0.3) is 0 Å². The van der Waals surface area contributed by atoms with Crippen LogP contribution in [-0.4, -0.2) is 68.2 Å². The van der Waals surface area contributed by atoms with Crippen molar-refractivity contribution in [1.29, 1.82) is 0 Å². The number of hydrogen-bond acceptors (Lipinski definition) is 7. The van der Waals surface area contributed by atoms with Gasteiger partial charge in [0, 0.05) is 0 Å². The standard InChI is InChI=1S/C19H20O9/c1-8(17(23)24)9-2-3-11-7-12(5-4-10(11)6-9)27-19-15(22)13(20)14(21)16(28-19)18(25)26/h2-8,13-16,19-22H,1H3,(H,23,24)(H,25,26)/t8?,13-,14-,15+,16-,19+/m0/s1. The summed E-state index contributed by atoms with van der Waals surface area (Å²) in [5, 5.41) is 49.2. The molecule has 1 aliphatic heterocycles. The maximum atomic E-state index is 11.1. The molecule has 2 aromatic rings. The van der Waals surface area contributed by atoms with Crippen LogP contribution in [0.1, 0.15) is 18.4 Å². The molecule has 0 aliphatic carbocycles. The Morgan fingerprint density at radius 2 is 1.61 bits per heavy atom. The van der Waals surface area contributed by atoms with Crippen LogP contribution < -0.4 is 4.74 Å². The molecule has 6 atom stereocenters. The van der Waals surface area contributed by atoms with Crippen molar-refractivity contribution >= 4 is 22.7 Å². The van der Waals surface area contributed by atoms with E-state index in [4.69, 9.17) is 19.7 Å². The summed E-state index contributed by atoms with van der Waals surface area (Å²) in [7, 11) is 0. The molecule has 1 unspecified atom stereocenters.